The number of hydrogen-bond acceptors (Lipinski definition) is 3. The van der Waals surface area contributed by atoms with Crippen molar-refractivity contribution in [2.45, 2.75) is 31.7 Å². The molecule has 1 N–H and O–H groups in total. The molecule has 1 amide bonds. The number of nitrogens with one attached hydrogen (secondary N) is 1. The van der Waals surface area contributed by atoms with Gasteiger partial charge in [-0.2, -0.15) is 0 Å². The Morgan fingerprint density at radius 2 is 1.80 bits per heavy atom. The molecule has 2 heterocycles. The molecule has 1 saturated heterocycles. The summed E-state index contributed by atoms with van der Waals surface area (Å²) in [6.45, 7) is 5.16. The van der Waals surface area contributed by atoms with Crippen LogP contribution in [0.5, 0.6) is 0 Å². The van der Waals surface area contributed by atoms with Crippen molar-refractivity contribution in [3.05, 3.63) is 66.4 Å². The van der Waals surface area contributed by atoms with E-state index in [9.17, 15) is 4.79 Å². The first-order valence-electron chi connectivity index (χ1n) is 10.8. The molecule has 0 atom stereocenters. The number of aromatic amines is 1. The van der Waals surface area contributed by atoms with Crippen molar-refractivity contribution < 1.29 is 9.53 Å². The highest BCUT2D eigenvalue weighted by Crippen LogP contribution is 2.34. The number of H-pyrrole nitrogens is 1. The molecule has 2 aromatic carbocycles. The highest BCUT2D eigenvalue weighted by molar-refractivity contribution is 5.93. The van der Waals surface area contributed by atoms with Crippen LogP contribution in [0.4, 0.5) is 5.69 Å². The summed E-state index contributed by atoms with van der Waals surface area (Å²) in [5.41, 5.74) is 3.23. The number of anilines is 1. The molecule has 4 rings (SSSR count). The van der Waals surface area contributed by atoms with Crippen LogP contribution in [-0.4, -0.2) is 54.7 Å². The number of carbonyl (C=O) groups excluding carboxylic acids is 1. The maximum atomic E-state index is 12.7. The van der Waals surface area contributed by atoms with Gasteiger partial charge in [0.1, 0.15) is 0 Å². The Morgan fingerprint density at radius 1 is 1.10 bits per heavy atom. The van der Waals surface area contributed by atoms with Gasteiger partial charge >= 0.3 is 0 Å². The van der Waals surface area contributed by atoms with E-state index in [1.165, 1.54) is 16.5 Å². The van der Waals surface area contributed by atoms with Crippen LogP contribution >= 0.6 is 0 Å². The average molecular weight is 406 g/mol. The van der Waals surface area contributed by atoms with Gasteiger partial charge in [0.05, 0.1) is 12.1 Å². The third kappa shape index (κ3) is 4.13. The Kier molecular flexibility index (Phi) is 6.21. The number of ether oxygens (including phenoxy) is 1. The molecular weight excluding hydrogens is 374 g/mol. The maximum Gasteiger partial charge on any atom is 0.224 e. The van der Waals surface area contributed by atoms with Gasteiger partial charge in [-0.05, 0) is 43.0 Å². The van der Waals surface area contributed by atoms with Crippen molar-refractivity contribution in [2.75, 3.05) is 38.3 Å². The van der Waals surface area contributed by atoms with Gasteiger partial charge in [0.15, 0.2) is 0 Å². The minimum absolute atomic E-state index is 0.0745. The second-order valence-corrected chi connectivity index (χ2v) is 8.30. The molecule has 0 saturated carbocycles. The molecule has 0 bridgehead atoms. The van der Waals surface area contributed by atoms with E-state index in [-0.39, 0.29) is 11.4 Å². The highest BCUT2D eigenvalue weighted by atomic mass is 16.5. The number of piperidine rings is 1. The first kappa shape index (κ1) is 20.6. The summed E-state index contributed by atoms with van der Waals surface area (Å²) in [5, 5.41) is 1.31. The zero-order valence-electron chi connectivity index (χ0n) is 17.9. The Morgan fingerprint density at radius 3 is 2.50 bits per heavy atom. The molecule has 5 heteroatoms. The molecule has 1 aromatic heterocycles. The van der Waals surface area contributed by atoms with Gasteiger partial charge in [-0.1, -0.05) is 36.4 Å². The van der Waals surface area contributed by atoms with Crippen molar-refractivity contribution in [3.8, 4) is 0 Å². The third-order valence-corrected chi connectivity index (χ3v) is 6.38. The van der Waals surface area contributed by atoms with E-state index in [1.807, 2.05) is 35.2 Å². The number of nitrogens with zero attached hydrogens (tertiary/aromatic N) is 2. The Hall–Kier alpha value is -2.63. The molecular formula is C25H31N3O2. The van der Waals surface area contributed by atoms with Gasteiger partial charge in [0.2, 0.25) is 5.91 Å². The number of benzene rings is 2. The molecule has 158 valence electrons. The fraction of sp³-hybridized carbons (Fsp3) is 0.400. The van der Waals surface area contributed by atoms with Crippen LogP contribution in [0, 0.1) is 0 Å². The zero-order chi connectivity index (χ0) is 21.0. The standard InChI is InChI=1S/C25H31N3O2/c1-20(29)28(22-8-4-3-5-9-22)25(19-30-2)13-16-27(17-14-25)15-12-21-18-26-24-11-7-6-10-23(21)24/h3-11,18,26H,12-17,19H2,1-2H3. The zero-order valence-corrected chi connectivity index (χ0v) is 17.9. The second kappa shape index (κ2) is 9.02. The molecule has 1 aliphatic rings. The number of likely N-dealkylation sites (tertiary alicyclic amines) is 1. The molecule has 3 aromatic rings. The minimum atomic E-state index is -0.292. The van der Waals surface area contributed by atoms with Crippen molar-refractivity contribution in [1.82, 2.24) is 9.88 Å². The number of hydrogen-bond donors (Lipinski definition) is 1. The van der Waals surface area contributed by atoms with Crippen LogP contribution in [0.15, 0.2) is 60.8 Å². The predicted molar refractivity (Wildman–Crippen MR) is 122 cm³/mol. The van der Waals surface area contributed by atoms with E-state index in [1.54, 1.807) is 14.0 Å². The number of methoxy groups -OCH3 is 1. The lowest BCUT2D eigenvalue weighted by molar-refractivity contribution is -0.118. The summed E-state index contributed by atoms with van der Waals surface area (Å²) in [6, 6.07) is 18.5. The van der Waals surface area contributed by atoms with Crippen LogP contribution < -0.4 is 4.90 Å². The molecule has 0 aliphatic carbocycles. The molecule has 0 radical (unpaired) electrons. The van der Waals surface area contributed by atoms with E-state index in [0.29, 0.717) is 6.61 Å². The maximum absolute atomic E-state index is 12.7. The first-order valence-corrected chi connectivity index (χ1v) is 10.8. The molecule has 0 spiro atoms. The fourth-order valence-electron chi connectivity index (χ4n) is 4.88. The SMILES string of the molecule is COCC1(N(C(C)=O)c2ccccc2)CCN(CCc2c[nH]c3ccccc23)CC1. The molecule has 1 fully saturated rings. The van der Waals surface area contributed by atoms with Gasteiger partial charge < -0.3 is 19.5 Å². The van der Waals surface area contributed by atoms with Crippen LogP contribution in [0.25, 0.3) is 10.9 Å². The normalized spacial score (nSPS) is 16.6. The van der Waals surface area contributed by atoms with Crippen molar-refractivity contribution >= 4 is 22.5 Å². The smallest absolute Gasteiger partial charge is 0.224 e. The lowest BCUT2D eigenvalue weighted by atomic mass is 9.85. The lowest BCUT2D eigenvalue weighted by Crippen LogP contribution is -2.60. The van der Waals surface area contributed by atoms with Crippen molar-refractivity contribution in [1.29, 1.82) is 0 Å². The monoisotopic (exact) mass is 405 g/mol. The lowest BCUT2D eigenvalue weighted by Gasteiger charge is -2.48. The van der Waals surface area contributed by atoms with E-state index in [2.05, 4.69) is 40.3 Å². The number of amides is 1. The number of para-hydroxylation sites is 2. The van der Waals surface area contributed by atoms with Crippen LogP contribution in [0.1, 0.15) is 25.3 Å². The Labute approximate surface area is 178 Å². The molecule has 1 aliphatic heterocycles. The summed E-state index contributed by atoms with van der Waals surface area (Å²) in [5.74, 6) is 0.0745. The van der Waals surface area contributed by atoms with E-state index >= 15 is 0 Å². The summed E-state index contributed by atoms with van der Waals surface area (Å²) in [4.78, 5) is 20.5. The van der Waals surface area contributed by atoms with Gasteiger partial charge in [0.25, 0.3) is 0 Å². The van der Waals surface area contributed by atoms with Crippen molar-refractivity contribution in [2.24, 2.45) is 0 Å². The van der Waals surface area contributed by atoms with Crippen LogP contribution in [-0.2, 0) is 16.0 Å². The van der Waals surface area contributed by atoms with Crippen molar-refractivity contribution in [3.63, 3.8) is 0 Å². The molecule has 5 nitrogen and oxygen atoms in total. The topological polar surface area (TPSA) is 48.6 Å². The first-order chi connectivity index (χ1) is 14.6. The van der Waals surface area contributed by atoms with Crippen LogP contribution in [0.3, 0.4) is 0 Å². The molecule has 30 heavy (non-hydrogen) atoms. The van der Waals surface area contributed by atoms with Gasteiger partial charge in [-0.3, -0.25) is 4.79 Å². The summed E-state index contributed by atoms with van der Waals surface area (Å²) in [6.07, 6.45) is 4.97. The van der Waals surface area contributed by atoms with Gasteiger partial charge in [0, 0.05) is 56.5 Å². The number of fused-ring (bicyclic) bond motifs is 1. The van der Waals surface area contributed by atoms with E-state index < -0.39 is 0 Å². The Balaban J connectivity index is 1.45. The predicted octanol–water partition coefficient (Wildman–Crippen LogP) is 4.24. The summed E-state index contributed by atoms with van der Waals surface area (Å²) < 4.78 is 5.62. The number of carbonyl (C=O) groups is 1. The molecule has 0 unspecified atom stereocenters. The minimum Gasteiger partial charge on any atom is -0.382 e. The summed E-state index contributed by atoms with van der Waals surface area (Å²) >= 11 is 0. The highest BCUT2D eigenvalue weighted by Gasteiger charge is 2.42. The summed E-state index contributed by atoms with van der Waals surface area (Å²) in [7, 11) is 1.73. The quantitative estimate of drug-likeness (QED) is 0.639. The third-order valence-electron chi connectivity index (χ3n) is 6.38. The van der Waals surface area contributed by atoms with Gasteiger partial charge in [-0.15, -0.1) is 0 Å². The second-order valence-electron chi connectivity index (χ2n) is 8.30. The number of rotatable bonds is 7. The average Bonchev–Trinajstić information content (AvgIpc) is 3.17. The van der Waals surface area contributed by atoms with Gasteiger partial charge in [-0.25, -0.2) is 0 Å². The van der Waals surface area contributed by atoms with E-state index in [0.717, 1.165) is 44.6 Å². The number of aromatic nitrogens is 1. The Bertz CT molecular complexity index is 974. The van der Waals surface area contributed by atoms with Crippen LogP contribution in [0.2, 0.25) is 0 Å². The largest absolute Gasteiger partial charge is 0.382 e. The fourth-order valence-corrected chi connectivity index (χ4v) is 4.88. The van der Waals surface area contributed by atoms with E-state index in [4.69, 9.17) is 4.74 Å².